The largest absolute Gasteiger partial charge is 0.385 e. The molecule has 0 aliphatic carbocycles. The van der Waals surface area contributed by atoms with E-state index < -0.39 is 11.2 Å². The van der Waals surface area contributed by atoms with Crippen LogP contribution in [0.4, 0.5) is 17.1 Å². The quantitative estimate of drug-likeness (QED) is 0.654. The molecule has 3 nitrogen and oxygen atoms in total. The molecule has 3 aromatic rings. The van der Waals surface area contributed by atoms with Gasteiger partial charge in [0.2, 0.25) is 0 Å². The monoisotopic (exact) mass is 345 g/mol. The third kappa shape index (κ3) is 2.70. The van der Waals surface area contributed by atoms with Crippen molar-refractivity contribution in [3.8, 4) is 0 Å². The van der Waals surface area contributed by atoms with Crippen molar-refractivity contribution >= 4 is 17.1 Å². The summed E-state index contributed by atoms with van der Waals surface area (Å²) in [6.07, 6.45) is 0.219. The third-order valence-corrected chi connectivity index (χ3v) is 5.15. The molecular weight excluding hydrogens is 322 g/mol. The summed E-state index contributed by atoms with van der Waals surface area (Å²) in [5.41, 5.74) is 2.11. The summed E-state index contributed by atoms with van der Waals surface area (Å²) in [4.78, 5) is 2.12. The van der Waals surface area contributed by atoms with Gasteiger partial charge in [-0.15, -0.1) is 0 Å². The molecule has 0 aromatic heterocycles. The predicted molar refractivity (Wildman–Crippen MR) is 105 cm³/mol. The molecule has 0 fully saturated rings. The van der Waals surface area contributed by atoms with Gasteiger partial charge in [-0.05, 0) is 38.1 Å². The maximum absolute atomic E-state index is 11.3. The summed E-state index contributed by atoms with van der Waals surface area (Å²) in [7, 11) is 0. The predicted octanol–water partition coefficient (Wildman–Crippen LogP) is 4.98. The zero-order valence-corrected chi connectivity index (χ0v) is 15.1. The van der Waals surface area contributed by atoms with Gasteiger partial charge in [-0.3, -0.25) is 0 Å². The number of fused-ring (bicyclic) bond motifs is 2. The fourth-order valence-corrected chi connectivity index (χ4v) is 4.09. The first kappa shape index (κ1) is 16.8. The Bertz CT molecular complexity index is 874. The minimum atomic E-state index is -1.17. The van der Waals surface area contributed by atoms with Gasteiger partial charge in [0.1, 0.15) is 0 Å². The van der Waals surface area contributed by atoms with Crippen LogP contribution in [0.1, 0.15) is 31.4 Å². The Kier molecular flexibility index (Phi) is 3.87. The number of anilines is 3. The van der Waals surface area contributed by atoms with Crippen LogP contribution in [0.25, 0.3) is 0 Å². The van der Waals surface area contributed by atoms with E-state index in [0.717, 1.165) is 28.2 Å². The fraction of sp³-hybridized carbons (Fsp3) is 0.217. The van der Waals surface area contributed by atoms with E-state index in [9.17, 15) is 10.2 Å². The van der Waals surface area contributed by atoms with E-state index in [0.29, 0.717) is 0 Å². The lowest BCUT2D eigenvalue weighted by molar-refractivity contribution is -0.0525. The van der Waals surface area contributed by atoms with Crippen LogP contribution in [-0.2, 0) is 11.2 Å². The van der Waals surface area contributed by atoms with Gasteiger partial charge in [-0.25, -0.2) is 0 Å². The number of hydrogen-bond acceptors (Lipinski definition) is 3. The molecule has 1 aliphatic heterocycles. The van der Waals surface area contributed by atoms with E-state index in [1.54, 1.807) is 13.8 Å². The van der Waals surface area contributed by atoms with Gasteiger partial charge in [-0.1, -0.05) is 54.6 Å². The molecule has 0 saturated heterocycles. The summed E-state index contributed by atoms with van der Waals surface area (Å²) >= 11 is 0. The second-order valence-corrected chi connectivity index (χ2v) is 7.43. The van der Waals surface area contributed by atoms with Crippen molar-refractivity contribution in [1.82, 2.24) is 0 Å². The molecule has 3 aromatic carbocycles. The van der Waals surface area contributed by atoms with Gasteiger partial charge < -0.3 is 15.1 Å². The molecule has 0 amide bonds. The van der Waals surface area contributed by atoms with Crippen molar-refractivity contribution in [2.24, 2.45) is 0 Å². The van der Waals surface area contributed by atoms with Crippen LogP contribution in [0.2, 0.25) is 0 Å². The summed E-state index contributed by atoms with van der Waals surface area (Å²) in [6, 6.07) is 25.8. The van der Waals surface area contributed by atoms with Crippen molar-refractivity contribution in [2.75, 3.05) is 4.90 Å². The Balaban J connectivity index is 2.09. The number of para-hydroxylation sites is 3. The first-order valence-electron chi connectivity index (χ1n) is 8.89. The van der Waals surface area contributed by atoms with Crippen LogP contribution in [0.3, 0.4) is 0 Å². The van der Waals surface area contributed by atoms with Gasteiger partial charge >= 0.3 is 0 Å². The van der Waals surface area contributed by atoms with Crippen molar-refractivity contribution < 1.29 is 10.2 Å². The first-order chi connectivity index (χ1) is 12.4. The maximum atomic E-state index is 11.3. The van der Waals surface area contributed by atoms with E-state index in [1.165, 1.54) is 0 Å². The van der Waals surface area contributed by atoms with Crippen molar-refractivity contribution in [3.63, 3.8) is 0 Å². The molecule has 2 unspecified atom stereocenters. The lowest BCUT2D eigenvalue weighted by Crippen LogP contribution is -2.37. The van der Waals surface area contributed by atoms with Gasteiger partial charge in [0.05, 0.1) is 22.6 Å². The van der Waals surface area contributed by atoms with Gasteiger partial charge in [-0.2, -0.15) is 0 Å². The SMILES string of the molecule is CC1(O)CC(C)(O)c2ccccc2N(c2ccccc2)c2ccccc21. The number of hydrogen-bond donors (Lipinski definition) is 2. The third-order valence-electron chi connectivity index (χ3n) is 5.15. The Labute approximate surface area is 154 Å². The van der Waals surface area contributed by atoms with Gasteiger partial charge in [0.25, 0.3) is 0 Å². The van der Waals surface area contributed by atoms with Crippen LogP contribution in [0.5, 0.6) is 0 Å². The second-order valence-electron chi connectivity index (χ2n) is 7.43. The lowest BCUT2D eigenvalue weighted by Gasteiger charge is -2.42. The second kappa shape index (κ2) is 5.97. The van der Waals surface area contributed by atoms with E-state index in [-0.39, 0.29) is 6.42 Å². The van der Waals surface area contributed by atoms with E-state index in [2.05, 4.69) is 4.90 Å². The molecule has 0 radical (unpaired) electrons. The summed E-state index contributed by atoms with van der Waals surface area (Å²) in [5.74, 6) is 0. The minimum Gasteiger partial charge on any atom is -0.385 e. The molecule has 0 spiro atoms. The van der Waals surface area contributed by atoms with Crippen molar-refractivity contribution in [3.05, 3.63) is 90.0 Å². The molecule has 4 rings (SSSR count). The van der Waals surface area contributed by atoms with Crippen LogP contribution in [0, 0.1) is 0 Å². The Morgan fingerprint density at radius 3 is 1.58 bits per heavy atom. The molecular formula is C23H23NO2. The standard InChI is InChI=1S/C23H23NO2/c1-22(25)16-23(2,26)19-13-7-9-15-21(19)24(17-10-4-3-5-11-17)20-14-8-6-12-18(20)22/h3-15,25-26H,16H2,1-2H3. The van der Waals surface area contributed by atoms with Crippen LogP contribution in [-0.4, -0.2) is 10.2 Å². The van der Waals surface area contributed by atoms with Crippen LogP contribution < -0.4 is 4.90 Å². The Hall–Kier alpha value is -2.62. The molecule has 132 valence electrons. The molecule has 2 N–H and O–H groups in total. The lowest BCUT2D eigenvalue weighted by atomic mass is 9.77. The first-order valence-corrected chi connectivity index (χ1v) is 8.89. The highest BCUT2D eigenvalue weighted by molar-refractivity contribution is 5.81. The highest BCUT2D eigenvalue weighted by atomic mass is 16.3. The Morgan fingerprint density at radius 2 is 1.08 bits per heavy atom. The van der Waals surface area contributed by atoms with Crippen LogP contribution >= 0.6 is 0 Å². The average Bonchev–Trinajstić information content (AvgIpc) is 2.62. The number of nitrogens with zero attached hydrogens (tertiary/aromatic N) is 1. The van der Waals surface area contributed by atoms with Crippen molar-refractivity contribution in [2.45, 2.75) is 31.5 Å². The summed E-state index contributed by atoms with van der Waals surface area (Å²) < 4.78 is 0. The van der Waals surface area contributed by atoms with E-state index in [4.69, 9.17) is 0 Å². The highest BCUT2D eigenvalue weighted by Gasteiger charge is 2.41. The van der Waals surface area contributed by atoms with E-state index >= 15 is 0 Å². The smallest absolute Gasteiger partial charge is 0.0919 e. The Morgan fingerprint density at radius 1 is 0.654 bits per heavy atom. The number of rotatable bonds is 1. The zero-order chi connectivity index (χ0) is 18.4. The zero-order valence-electron chi connectivity index (χ0n) is 15.1. The molecule has 0 saturated carbocycles. The molecule has 3 heteroatoms. The maximum Gasteiger partial charge on any atom is 0.0919 e. The normalized spacial score (nSPS) is 25.0. The van der Waals surface area contributed by atoms with Crippen molar-refractivity contribution in [1.29, 1.82) is 0 Å². The minimum absolute atomic E-state index is 0.219. The molecule has 1 heterocycles. The number of benzene rings is 3. The van der Waals surface area contributed by atoms with E-state index in [1.807, 2.05) is 78.9 Å². The fourth-order valence-electron chi connectivity index (χ4n) is 4.09. The summed E-state index contributed by atoms with van der Waals surface area (Å²) in [6.45, 7) is 3.55. The average molecular weight is 345 g/mol. The topological polar surface area (TPSA) is 43.7 Å². The number of aliphatic hydroxyl groups is 2. The van der Waals surface area contributed by atoms with Gasteiger partial charge in [0.15, 0.2) is 0 Å². The summed E-state index contributed by atoms with van der Waals surface area (Å²) in [5, 5.41) is 22.5. The molecule has 26 heavy (non-hydrogen) atoms. The highest BCUT2D eigenvalue weighted by Crippen LogP contribution is 2.49. The van der Waals surface area contributed by atoms with Crippen LogP contribution in [0.15, 0.2) is 78.9 Å². The molecule has 0 bridgehead atoms. The van der Waals surface area contributed by atoms with Gasteiger partial charge in [0, 0.05) is 23.2 Å². The molecule has 1 aliphatic rings. The molecule has 2 atom stereocenters.